The fourth-order valence-electron chi connectivity index (χ4n) is 3.45. The maximum absolute atomic E-state index is 11.9. The molecular weight excluding hydrogens is 464 g/mol. The summed E-state index contributed by atoms with van der Waals surface area (Å²) in [6, 6.07) is 0. The quantitative estimate of drug-likeness (QED) is 0.308. The summed E-state index contributed by atoms with van der Waals surface area (Å²) in [4.78, 5) is 59.0. The highest BCUT2D eigenvalue weighted by Gasteiger charge is 2.54. The van der Waals surface area contributed by atoms with E-state index in [4.69, 9.17) is 35.3 Å². The molecule has 0 spiro atoms. The monoisotopic (exact) mass is 484 g/mol. The molecule has 0 bridgehead atoms. The van der Waals surface area contributed by atoms with Crippen LogP contribution in [0.1, 0.15) is 33.9 Å². The van der Waals surface area contributed by atoms with Crippen molar-refractivity contribution in [3.05, 3.63) is 17.8 Å². The third-order valence-electron chi connectivity index (χ3n) is 4.55. The molecule has 178 valence electrons. The molecule has 1 aliphatic heterocycles. The molecule has 14 heteroatoms. The Morgan fingerprint density at radius 3 is 2.27 bits per heavy atom. The van der Waals surface area contributed by atoms with Crippen molar-refractivity contribution in [2.24, 2.45) is 0 Å². The van der Waals surface area contributed by atoms with Crippen molar-refractivity contribution in [3.63, 3.8) is 0 Å². The van der Waals surface area contributed by atoms with Crippen LogP contribution in [-0.2, 0) is 42.9 Å². The molecule has 33 heavy (non-hydrogen) atoms. The zero-order chi connectivity index (χ0) is 24.3. The number of carbonyl (C=O) groups is 4. The molecule has 2 aromatic heterocycles. The van der Waals surface area contributed by atoms with E-state index >= 15 is 0 Å². The molecule has 1 fully saturated rings. The maximum Gasteiger partial charge on any atom is 0.303 e. The lowest BCUT2D eigenvalue weighted by Gasteiger charge is -2.27. The van der Waals surface area contributed by atoms with Gasteiger partial charge in [0.15, 0.2) is 35.3 Å². The topological polar surface area (TPSA) is 158 Å². The first kappa shape index (κ1) is 24.3. The standard InChI is InChI=1S/C19H21ClN4O9/c1-8(25)29-5-12(30-9(2)26)14-15(31-10(3)27)16(32-11(4)28)19(33-14)24-7-23-13-17(20)21-6-22-18(13)24/h6-7,12,14-16,19H,5H2,1-4H3/t12-,14-,15-,16-,19-/m1/s1. The number of halogens is 1. The van der Waals surface area contributed by atoms with Gasteiger partial charge in [-0.05, 0) is 0 Å². The Labute approximate surface area is 192 Å². The first-order chi connectivity index (χ1) is 15.6. The summed E-state index contributed by atoms with van der Waals surface area (Å²) in [6.07, 6.45) is -3.36. The summed E-state index contributed by atoms with van der Waals surface area (Å²) in [5, 5.41) is 0.0847. The number of hydrogen-bond acceptors (Lipinski definition) is 12. The average molecular weight is 485 g/mol. The van der Waals surface area contributed by atoms with Gasteiger partial charge >= 0.3 is 23.9 Å². The van der Waals surface area contributed by atoms with E-state index in [0.29, 0.717) is 0 Å². The van der Waals surface area contributed by atoms with Crippen molar-refractivity contribution in [1.29, 1.82) is 0 Å². The van der Waals surface area contributed by atoms with E-state index in [1.165, 1.54) is 31.1 Å². The number of aromatic nitrogens is 4. The maximum atomic E-state index is 11.9. The van der Waals surface area contributed by atoms with Crippen LogP contribution in [0.2, 0.25) is 5.15 Å². The zero-order valence-electron chi connectivity index (χ0n) is 18.1. The normalized spacial score (nSPS) is 23.1. The van der Waals surface area contributed by atoms with Gasteiger partial charge in [0.2, 0.25) is 0 Å². The molecule has 0 N–H and O–H groups in total. The Balaban J connectivity index is 2.07. The molecule has 5 atom stereocenters. The average Bonchev–Trinajstić information content (AvgIpc) is 3.27. The van der Waals surface area contributed by atoms with Crippen LogP contribution in [0.3, 0.4) is 0 Å². The van der Waals surface area contributed by atoms with Gasteiger partial charge in [0.05, 0.1) is 6.33 Å². The SMILES string of the molecule is CC(=O)OC[C@@H](OC(C)=O)[C@H]1O[C@@H](n2cnc3c(Cl)ncnc32)[C@H](OC(C)=O)[C@@H]1OC(C)=O. The predicted molar refractivity (Wildman–Crippen MR) is 108 cm³/mol. The number of hydrogen-bond donors (Lipinski definition) is 0. The van der Waals surface area contributed by atoms with Crippen LogP contribution in [0.15, 0.2) is 12.7 Å². The number of ether oxygens (including phenoxy) is 5. The highest BCUT2D eigenvalue weighted by Crippen LogP contribution is 2.38. The van der Waals surface area contributed by atoms with E-state index < -0.39 is 61.1 Å². The minimum Gasteiger partial charge on any atom is -0.462 e. The van der Waals surface area contributed by atoms with Crippen molar-refractivity contribution < 1.29 is 42.9 Å². The fraction of sp³-hybridized carbons (Fsp3) is 0.526. The number of carbonyl (C=O) groups excluding carboxylic acids is 4. The second-order valence-corrected chi connectivity index (χ2v) is 7.44. The molecule has 1 aliphatic rings. The first-order valence-corrected chi connectivity index (χ1v) is 10.1. The van der Waals surface area contributed by atoms with E-state index in [1.807, 2.05) is 0 Å². The van der Waals surface area contributed by atoms with Crippen molar-refractivity contribution in [2.75, 3.05) is 6.61 Å². The predicted octanol–water partition coefficient (Wildman–Crippen LogP) is 0.735. The molecule has 0 aliphatic carbocycles. The van der Waals surface area contributed by atoms with Crippen LogP contribution in [0.4, 0.5) is 0 Å². The van der Waals surface area contributed by atoms with Gasteiger partial charge < -0.3 is 23.7 Å². The minimum absolute atomic E-state index is 0.0847. The number of fused-ring (bicyclic) bond motifs is 1. The van der Waals surface area contributed by atoms with E-state index in [0.717, 1.165) is 13.8 Å². The Hall–Kier alpha value is -3.32. The number of esters is 4. The molecular formula is C19H21ClN4O9. The van der Waals surface area contributed by atoms with E-state index in [1.54, 1.807) is 0 Å². The van der Waals surface area contributed by atoms with Gasteiger partial charge in [-0.1, -0.05) is 11.6 Å². The van der Waals surface area contributed by atoms with Gasteiger partial charge in [-0.2, -0.15) is 0 Å². The molecule has 0 aromatic carbocycles. The van der Waals surface area contributed by atoms with Gasteiger partial charge in [0.25, 0.3) is 0 Å². The molecule has 2 aromatic rings. The summed E-state index contributed by atoms with van der Waals surface area (Å²) < 4.78 is 28.6. The van der Waals surface area contributed by atoms with Gasteiger partial charge in [0.1, 0.15) is 24.6 Å². The third-order valence-corrected chi connectivity index (χ3v) is 4.83. The molecule has 0 saturated carbocycles. The summed E-state index contributed by atoms with van der Waals surface area (Å²) >= 11 is 6.07. The second kappa shape index (κ2) is 10.1. The van der Waals surface area contributed by atoms with Gasteiger partial charge in [-0.25, -0.2) is 15.0 Å². The van der Waals surface area contributed by atoms with Gasteiger partial charge in [0, 0.05) is 27.7 Å². The lowest BCUT2D eigenvalue weighted by atomic mass is 10.0. The second-order valence-electron chi connectivity index (χ2n) is 7.08. The van der Waals surface area contributed by atoms with Crippen LogP contribution in [-0.4, -0.2) is 74.4 Å². The lowest BCUT2D eigenvalue weighted by Crippen LogP contribution is -2.46. The summed E-state index contributed by atoms with van der Waals surface area (Å²) in [5.41, 5.74) is 0.511. The molecule has 13 nitrogen and oxygen atoms in total. The first-order valence-electron chi connectivity index (χ1n) is 9.72. The molecule has 1 saturated heterocycles. The van der Waals surface area contributed by atoms with Gasteiger partial charge in [-0.15, -0.1) is 0 Å². The molecule has 3 rings (SSSR count). The third kappa shape index (κ3) is 5.54. The van der Waals surface area contributed by atoms with Crippen molar-refractivity contribution in [3.8, 4) is 0 Å². The summed E-state index contributed by atoms with van der Waals surface area (Å²) in [5.74, 6) is -2.72. The zero-order valence-corrected chi connectivity index (χ0v) is 18.8. The highest BCUT2D eigenvalue weighted by atomic mass is 35.5. The van der Waals surface area contributed by atoms with E-state index in [9.17, 15) is 19.2 Å². The number of rotatable bonds is 7. The summed E-state index contributed by atoms with van der Waals surface area (Å²) in [7, 11) is 0. The van der Waals surface area contributed by atoms with E-state index in [2.05, 4.69) is 15.0 Å². The Morgan fingerprint density at radius 2 is 1.67 bits per heavy atom. The van der Waals surface area contributed by atoms with Crippen LogP contribution in [0, 0.1) is 0 Å². The van der Waals surface area contributed by atoms with Crippen LogP contribution in [0.25, 0.3) is 11.2 Å². The van der Waals surface area contributed by atoms with Gasteiger partial charge in [-0.3, -0.25) is 23.7 Å². The summed E-state index contributed by atoms with van der Waals surface area (Å²) in [6.45, 7) is 4.26. The largest absolute Gasteiger partial charge is 0.462 e. The molecule has 0 unspecified atom stereocenters. The molecule has 3 heterocycles. The number of imidazole rings is 1. The Kier molecular flexibility index (Phi) is 7.43. The fourth-order valence-corrected chi connectivity index (χ4v) is 3.63. The molecule has 0 amide bonds. The van der Waals surface area contributed by atoms with Crippen LogP contribution < -0.4 is 0 Å². The van der Waals surface area contributed by atoms with E-state index in [-0.39, 0.29) is 16.3 Å². The minimum atomic E-state index is -1.23. The van der Waals surface area contributed by atoms with Crippen molar-refractivity contribution >= 4 is 46.6 Å². The van der Waals surface area contributed by atoms with Crippen molar-refractivity contribution in [2.45, 2.75) is 58.3 Å². The Bertz CT molecular complexity index is 1070. The Morgan fingerprint density at radius 1 is 1.00 bits per heavy atom. The highest BCUT2D eigenvalue weighted by molar-refractivity contribution is 6.33. The number of nitrogens with zero attached hydrogens (tertiary/aromatic N) is 4. The lowest BCUT2D eigenvalue weighted by molar-refractivity contribution is -0.177. The smallest absolute Gasteiger partial charge is 0.303 e. The van der Waals surface area contributed by atoms with Crippen LogP contribution in [0.5, 0.6) is 0 Å². The molecule has 0 radical (unpaired) electrons. The van der Waals surface area contributed by atoms with Crippen LogP contribution >= 0.6 is 11.6 Å². The van der Waals surface area contributed by atoms with Crippen molar-refractivity contribution in [1.82, 2.24) is 19.5 Å².